The summed E-state index contributed by atoms with van der Waals surface area (Å²) in [6, 6.07) is 15.8. The molecule has 0 atom stereocenters. The number of nitrogens with one attached hydrogen (secondary N) is 1. The van der Waals surface area contributed by atoms with Crippen LogP contribution in [0.2, 0.25) is 0 Å². The van der Waals surface area contributed by atoms with Gasteiger partial charge < -0.3 is 15.2 Å². The molecule has 0 unspecified atom stereocenters. The molecule has 6 heteroatoms. The Morgan fingerprint density at radius 1 is 1.12 bits per heavy atom. The van der Waals surface area contributed by atoms with Gasteiger partial charge in [-0.25, -0.2) is 9.78 Å². The number of nitrogens with zero attached hydrogens (tertiary/aromatic N) is 1. The average Bonchev–Trinajstić information content (AvgIpc) is 3.05. The molecule has 1 aromatic heterocycles. The molecule has 0 spiro atoms. The van der Waals surface area contributed by atoms with Gasteiger partial charge in [0, 0.05) is 23.9 Å². The van der Waals surface area contributed by atoms with Crippen LogP contribution >= 0.6 is 11.3 Å². The van der Waals surface area contributed by atoms with Crippen LogP contribution in [-0.2, 0) is 6.42 Å². The zero-order valence-corrected chi connectivity index (χ0v) is 13.6. The van der Waals surface area contributed by atoms with Crippen molar-refractivity contribution in [3.8, 4) is 22.8 Å². The predicted molar refractivity (Wildman–Crippen MR) is 93.4 cm³/mol. The van der Waals surface area contributed by atoms with Crippen molar-refractivity contribution in [1.29, 1.82) is 0 Å². The third kappa shape index (κ3) is 4.33. The highest BCUT2D eigenvalue weighted by molar-refractivity contribution is 7.09. The molecule has 0 aliphatic carbocycles. The molecule has 0 aliphatic rings. The lowest BCUT2D eigenvalue weighted by atomic mass is 10.2. The Morgan fingerprint density at radius 3 is 2.62 bits per heavy atom. The largest absolute Gasteiger partial charge is 0.508 e. The summed E-state index contributed by atoms with van der Waals surface area (Å²) in [5.41, 5.74) is 1.81. The maximum Gasteiger partial charge on any atom is 0.412 e. The molecule has 0 saturated heterocycles. The van der Waals surface area contributed by atoms with E-state index in [0.29, 0.717) is 18.7 Å². The number of benzene rings is 2. The van der Waals surface area contributed by atoms with Gasteiger partial charge in [-0.05, 0) is 36.4 Å². The lowest BCUT2D eigenvalue weighted by Crippen LogP contribution is -2.28. The summed E-state index contributed by atoms with van der Waals surface area (Å²) in [6.45, 7) is 0.453. The second-order valence-corrected chi connectivity index (χ2v) is 6.00. The Kier molecular flexibility index (Phi) is 5.08. The molecule has 2 N–H and O–H groups in total. The first-order chi connectivity index (χ1) is 11.7. The summed E-state index contributed by atoms with van der Waals surface area (Å²) in [5.74, 6) is 0.745. The fraction of sp³-hybridized carbons (Fsp3) is 0.111. The monoisotopic (exact) mass is 340 g/mol. The van der Waals surface area contributed by atoms with Crippen molar-refractivity contribution in [2.24, 2.45) is 0 Å². The molecule has 0 saturated carbocycles. The van der Waals surface area contributed by atoms with Gasteiger partial charge in [0.25, 0.3) is 0 Å². The van der Waals surface area contributed by atoms with Gasteiger partial charge in [0.1, 0.15) is 11.5 Å². The number of amides is 1. The summed E-state index contributed by atoms with van der Waals surface area (Å²) in [6.07, 6.45) is 0.156. The van der Waals surface area contributed by atoms with Crippen LogP contribution in [0.1, 0.15) is 5.01 Å². The molecule has 0 aliphatic heterocycles. The molecular weight excluding hydrogens is 324 g/mol. The van der Waals surface area contributed by atoms with E-state index in [1.165, 1.54) is 11.3 Å². The molecule has 3 rings (SSSR count). The molecule has 0 bridgehead atoms. The third-order valence-electron chi connectivity index (χ3n) is 3.28. The van der Waals surface area contributed by atoms with Gasteiger partial charge in [0.2, 0.25) is 0 Å². The first-order valence-corrected chi connectivity index (χ1v) is 8.33. The minimum absolute atomic E-state index is 0.232. The Hall–Kier alpha value is -2.86. The summed E-state index contributed by atoms with van der Waals surface area (Å²) < 4.78 is 5.15. The van der Waals surface area contributed by atoms with Gasteiger partial charge in [-0.3, -0.25) is 0 Å². The van der Waals surface area contributed by atoms with Gasteiger partial charge in [-0.2, -0.15) is 0 Å². The number of carbonyl (C=O) groups is 1. The summed E-state index contributed by atoms with van der Waals surface area (Å²) >= 11 is 1.54. The second-order valence-electron chi connectivity index (χ2n) is 5.05. The topological polar surface area (TPSA) is 71.5 Å². The number of aromatic hydroxyl groups is 1. The van der Waals surface area contributed by atoms with Crippen LogP contribution < -0.4 is 10.1 Å². The number of phenols is 1. The van der Waals surface area contributed by atoms with Crippen molar-refractivity contribution >= 4 is 17.4 Å². The quantitative estimate of drug-likeness (QED) is 0.740. The van der Waals surface area contributed by atoms with E-state index in [1.54, 1.807) is 24.3 Å². The molecule has 5 nitrogen and oxygen atoms in total. The minimum atomic E-state index is -0.475. The highest BCUT2D eigenvalue weighted by Gasteiger charge is 2.07. The average molecular weight is 340 g/mol. The van der Waals surface area contributed by atoms with Crippen molar-refractivity contribution in [2.45, 2.75) is 6.42 Å². The third-order valence-corrected chi connectivity index (χ3v) is 4.19. The normalized spacial score (nSPS) is 10.3. The fourth-order valence-electron chi connectivity index (χ4n) is 2.09. The SMILES string of the molecule is O=C(NCCc1nc(-c2ccc(O)cc2)cs1)Oc1ccccc1. The molecule has 24 heavy (non-hydrogen) atoms. The van der Waals surface area contributed by atoms with Crippen molar-refractivity contribution in [1.82, 2.24) is 10.3 Å². The zero-order valence-electron chi connectivity index (χ0n) is 12.8. The molecule has 1 heterocycles. The fourth-order valence-corrected chi connectivity index (χ4v) is 2.90. The number of carbonyl (C=O) groups excluding carboxylic acids is 1. The minimum Gasteiger partial charge on any atom is -0.508 e. The maximum absolute atomic E-state index is 11.7. The van der Waals surface area contributed by atoms with E-state index in [2.05, 4.69) is 10.3 Å². The number of hydrogen-bond donors (Lipinski definition) is 2. The van der Waals surface area contributed by atoms with E-state index in [-0.39, 0.29) is 5.75 Å². The number of rotatable bonds is 5. The van der Waals surface area contributed by atoms with Gasteiger partial charge in [-0.1, -0.05) is 18.2 Å². The predicted octanol–water partition coefficient (Wildman–Crippen LogP) is 3.85. The van der Waals surface area contributed by atoms with E-state index >= 15 is 0 Å². The van der Waals surface area contributed by atoms with Crippen molar-refractivity contribution in [3.63, 3.8) is 0 Å². The number of para-hydroxylation sites is 1. The highest BCUT2D eigenvalue weighted by atomic mass is 32.1. The van der Waals surface area contributed by atoms with Crippen LogP contribution in [0.15, 0.2) is 60.0 Å². The standard InChI is InChI=1S/C18H16N2O3S/c21-14-8-6-13(7-9-14)16-12-24-17(20-16)10-11-19-18(22)23-15-4-2-1-3-5-15/h1-9,12,21H,10-11H2,(H,19,22). The van der Waals surface area contributed by atoms with E-state index in [4.69, 9.17) is 4.74 Å². The first kappa shape index (κ1) is 16.0. The summed E-state index contributed by atoms with van der Waals surface area (Å²) in [7, 11) is 0. The Bertz CT molecular complexity index is 801. The molecule has 0 fully saturated rings. The Morgan fingerprint density at radius 2 is 1.88 bits per heavy atom. The van der Waals surface area contributed by atoms with Gasteiger partial charge in [-0.15, -0.1) is 11.3 Å². The van der Waals surface area contributed by atoms with E-state index in [1.807, 2.05) is 35.7 Å². The Balaban J connectivity index is 1.49. The number of ether oxygens (including phenoxy) is 1. The summed E-state index contributed by atoms with van der Waals surface area (Å²) in [4.78, 5) is 16.2. The highest BCUT2D eigenvalue weighted by Crippen LogP contribution is 2.23. The van der Waals surface area contributed by atoms with E-state index < -0.39 is 6.09 Å². The molecule has 3 aromatic rings. The molecule has 1 amide bonds. The molecule has 2 aromatic carbocycles. The Labute approximate surface area is 143 Å². The lowest BCUT2D eigenvalue weighted by Gasteiger charge is -2.05. The van der Waals surface area contributed by atoms with Crippen molar-refractivity contribution in [3.05, 3.63) is 65.0 Å². The van der Waals surface area contributed by atoms with E-state index in [0.717, 1.165) is 16.3 Å². The van der Waals surface area contributed by atoms with Gasteiger partial charge in [0.05, 0.1) is 10.7 Å². The van der Waals surface area contributed by atoms with Crippen molar-refractivity contribution in [2.75, 3.05) is 6.54 Å². The number of phenolic OH excluding ortho intramolecular Hbond substituents is 1. The van der Waals surface area contributed by atoms with Crippen LogP contribution in [0.4, 0.5) is 4.79 Å². The molecule has 0 radical (unpaired) electrons. The van der Waals surface area contributed by atoms with Gasteiger partial charge >= 0.3 is 6.09 Å². The van der Waals surface area contributed by atoms with Gasteiger partial charge in [0.15, 0.2) is 0 Å². The van der Waals surface area contributed by atoms with Crippen molar-refractivity contribution < 1.29 is 14.6 Å². The molecule has 122 valence electrons. The van der Waals surface area contributed by atoms with Crippen LogP contribution in [0.25, 0.3) is 11.3 Å². The van der Waals surface area contributed by atoms with E-state index in [9.17, 15) is 9.90 Å². The number of aromatic nitrogens is 1. The van der Waals surface area contributed by atoms with Crippen LogP contribution in [0.3, 0.4) is 0 Å². The lowest BCUT2D eigenvalue weighted by molar-refractivity contribution is 0.200. The zero-order chi connectivity index (χ0) is 16.8. The summed E-state index contributed by atoms with van der Waals surface area (Å²) in [5, 5.41) is 14.9. The molecular formula is C18H16N2O3S. The maximum atomic E-state index is 11.7. The smallest absolute Gasteiger partial charge is 0.412 e. The number of hydrogen-bond acceptors (Lipinski definition) is 5. The number of thiazole rings is 1. The van der Waals surface area contributed by atoms with Crippen LogP contribution in [0.5, 0.6) is 11.5 Å². The second kappa shape index (κ2) is 7.61. The first-order valence-electron chi connectivity index (χ1n) is 7.45. The van der Waals surface area contributed by atoms with Crippen LogP contribution in [-0.4, -0.2) is 22.7 Å². The van der Waals surface area contributed by atoms with Crippen LogP contribution in [0, 0.1) is 0 Å².